The second-order valence-corrected chi connectivity index (χ2v) is 3.82. The van der Waals surface area contributed by atoms with E-state index < -0.39 is 6.09 Å². The van der Waals surface area contributed by atoms with Gasteiger partial charge in [0.15, 0.2) is 0 Å². The molecule has 0 saturated heterocycles. The minimum absolute atomic E-state index is 0.0307. The molecule has 0 fully saturated rings. The molecule has 0 bridgehead atoms. The SMILES string of the molecule is CC1CCc2c(O)cccc2N1C(=O)O. The Bertz CT molecular complexity index is 403. The fraction of sp³-hybridized carbons (Fsp3) is 0.364. The van der Waals surface area contributed by atoms with Gasteiger partial charge in [-0.15, -0.1) is 0 Å². The van der Waals surface area contributed by atoms with Gasteiger partial charge in [0.25, 0.3) is 0 Å². The van der Waals surface area contributed by atoms with Crippen LogP contribution in [0.4, 0.5) is 10.5 Å². The van der Waals surface area contributed by atoms with Gasteiger partial charge < -0.3 is 10.2 Å². The lowest BCUT2D eigenvalue weighted by atomic mass is 9.96. The van der Waals surface area contributed by atoms with E-state index in [0.29, 0.717) is 5.69 Å². The molecule has 1 atom stereocenters. The summed E-state index contributed by atoms with van der Waals surface area (Å²) in [5.41, 5.74) is 1.35. The van der Waals surface area contributed by atoms with Crippen molar-refractivity contribution >= 4 is 11.8 Å². The van der Waals surface area contributed by atoms with E-state index >= 15 is 0 Å². The van der Waals surface area contributed by atoms with Gasteiger partial charge in [-0.3, -0.25) is 4.90 Å². The van der Waals surface area contributed by atoms with Crippen LogP contribution < -0.4 is 4.90 Å². The zero-order valence-corrected chi connectivity index (χ0v) is 8.47. The van der Waals surface area contributed by atoms with Crippen molar-refractivity contribution in [1.29, 1.82) is 0 Å². The van der Waals surface area contributed by atoms with E-state index in [1.165, 1.54) is 4.90 Å². The molecule has 1 amide bonds. The molecule has 1 aliphatic rings. The Morgan fingerprint density at radius 1 is 1.53 bits per heavy atom. The van der Waals surface area contributed by atoms with E-state index in [0.717, 1.165) is 18.4 Å². The summed E-state index contributed by atoms with van der Waals surface area (Å²) in [5.74, 6) is 0.186. The van der Waals surface area contributed by atoms with Crippen LogP contribution in [0.5, 0.6) is 5.75 Å². The number of hydrogen-bond acceptors (Lipinski definition) is 2. The summed E-state index contributed by atoms with van der Waals surface area (Å²) in [4.78, 5) is 12.4. The van der Waals surface area contributed by atoms with Gasteiger partial charge in [0.1, 0.15) is 5.75 Å². The number of benzene rings is 1. The molecule has 0 aliphatic carbocycles. The summed E-state index contributed by atoms with van der Waals surface area (Å²) in [7, 11) is 0. The van der Waals surface area contributed by atoms with Crippen molar-refractivity contribution in [3.05, 3.63) is 23.8 Å². The summed E-state index contributed by atoms with van der Waals surface area (Å²) in [6.45, 7) is 1.88. The molecule has 4 nitrogen and oxygen atoms in total. The number of amides is 1. The summed E-state index contributed by atoms with van der Waals surface area (Å²) in [6.07, 6.45) is 0.512. The van der Waals surface area contributed by atoms with Crippen molar-refractivity contribution in [2.45, 2.75) is 25.8 Å². The third-order valence-electron chi connectivity index (χ3n) is 2.85. The largest absolute Gasteiger partial charge is 0.508 e. The number of carboxylic acid groups (broad SMARTS) is 1. The maximum Gasteiger partial charge on any atom is 0.412 e. The number of hydrogen-bond donors (Lipinski definition) is 2. The zero-order valence-electron chi connectivity index (χ0n) is 8.47. The van der Waals surface area contributed by atoms with Gasteiger partial charge in [-0.25, -0.2) is 4.79 Å². The monoisotopic (exact) mass is 207 g/mol. The Kier molecular flexibility index (Phi) is 2.26. The molecule has 1 unspecified atom stereocenters. The number of nitrogens with zero attached hydrogens (tertiary/aromatic N) is 1. The maximum atomic E-state index is 11.1. The molecule has 0 saturated carbocycles. The smallest absolute Gasteiger partial charge is 0.412 e. The van der Waals surface area contributed by atoms with Crippen LogP contribution in [-0.2, 0) is 6.42 Å². The quantitative estimate of drug-likeness (QED) is 0.685. The first-order valence-electron chi connectivity index (χ1n) is 4.94. The normalized spacial score (nSPS) is 19.8. The maximum absolute atomic E-state index is 11.1. The lowest BCUT2D eigenvalue weighted by Gasteiger charge is -2.33. The van der Waals surface area contributed by atoms with E-state index in [2.05, 4.69) is 0 Å². The van der Waals surface area contributed by atoms with E-state index in [4.69, 9.17) is 5.11 Å². The van der Waals surface area contributed by atoms with Gasteiger partial charge in [-0.05, 0) is 31.9 Å². The first-order valence-corrected chi connectivity index (χ1v) is 4.94. The molecule has 1 aromatic carbocycles. The Labute approximate surface area is 87.8 Å². The van der Waals surface area contributed by atoms with Gasteiger partial charge in [0.05, 0.1) is 5.69 Å². The highest BCUT2D eigenvalue weighted by atomic mass is 16.4. The van der Waals surface area contributed by atoms with Crippen LogP contribution in [0.1, 0.15) is 18.9 Å². The van der Waals surface area contributed by atoms with Crippen LogP contribution >= 0.6 is 0 Å². The average Bonchev–Trinajstić information content (AvgIpc) is 2.17. The molecule has 0 radical (unpaired) electrons. The van der Waals surface area contributed by atoms with Gasteiger partial charge in [-0.2, -0.15) is 0 Å². The van der Waals surface area contributed by atoms with Gasteiger partial charge >= 0.3 is 6.09 Å². The molecule has 4 heteroatoms. The second kappa shape index (κ2) is 3.46. The fourth-order valence-corrected chi connectivity index (χ4v) is 2.06. The van der Waals surface area contributed by atoms with Crippen LogP contribution in [0.15, 0.2) is 18.2 Å². The van der Waals surface area contributed by atoms with E-state index in [1.54, 1.807) is 18.2 Å². The number of phenolic OH excluding ortho intramolecular Hbond substituents is 1. The van der Waals surface area contributed by atoms with Gasteiger partial charge in [0.2, 0.25) is 0 Å². The van der Waals surface area contributed by atoms with Crippen LogP contribution in [0, 0.1) is 0 Å². The topological polar surface area (TPSA) is 60.8 Å². The third kappa shape index (κ3) is 1.52. The summed E-state index contributed by atoms with van der Waals surface area (Å²) < 4.78 is 0. The van der Waals surface area contributed by atoms with Crippen LogP contribution in [0.2, 0.25) is 0 Å². The zero-order chi connectivity index (χ0) is 11.0. The molecule has 2 N–H and O–H groups in total. The molecule has 2 rings (SSSR count). The number of rotatable bonds is 0. The predicted octanol–water partition coefficient (Wildman–Crippen LogP) is 2.21. The minimum Gasteiger partial charge on any atom is -0.508 e. The molecule has 1 aliphatic heterocycles. The lowest BCUT2D eigenvalue weighted by Crippen LogP contribution is -2.41. The molecule has 15 heavy (non-hydrogen) atoms. The van der Waals surface area contributed by atoms with Crippen molar-refractivity contribution in [3.8, 4) is 5.75 Å². The van der Waals surface area contributed by atoms with Crippen molar-refractivity contribution < 1.29 is 15.0 Å². The molecule has 0 spiro atoms. The molecule has 80 valence electrons. The van der Waals surface area contributed by atoms with Crippen molar-refractivity contribution in [2.24, 2.45) is 0 Å². The number of anilines is 1. The van der Waals surface area contributed by atoms with E-state index in [1.807, 2.05) is 6.92 Å². The predicted molar refractivity (Wildman–Crippen MR) is 56.4 cm³/mol. The minimum atomic E-state index is -0.964. The Hall–Kier alpha value is -1.71. The highest BCUT2D eigenvalue weighted by molar-refractivity contribution is 5.89. The first-order chi connectivity index (χ1) is 7.11. The molecule has 1 aromatic rings. The van der Waals surface area contributed by atoms with Crippen molar-refractivity contribution in [1.82, 2.24) is 0 Å². The number of fused-ring (bicyclic) bond motifs is 1. The lowest BCUT2D eigenvalue weighted by molar-refractivity contribution is 0.198. The average molecular weight is 207 g/mol. The van der Waals surface area contributed by atoms with Crippen LogP contribution in [0.3, 0.4) is 0 Å². The Balaban J connectivity index is 2.53. The Morgan fingerprint density at radius 3 is 2.93 bits per heavy atom. The third-order valence-corrected chi connectivity index (χ3v) is 2.85. The summed E-state index contributed by atoms with van der Waals surface area (Å²) in [6, 6.07) is 4.97. The molecule has 0 aromatic heterocycles. The summed E-state index contributed by atoms with van der Waals surface area (Å²) >= 11 is 0. The van der Waals surface area contributed by atoms with Crippen molar-refractivity contribution in [3.63, 3.8) is 0 Å². The number of aromatic hydroxyl groups is 1. The second-order valence-electron chi connectivity index (χ2n) is 3.82. The van der Waals surface area contributed by atoms with Crippen molar-refractivity contribution in [2.75, 3.05) is 4.90 Å². The molecular formula is C11H13NO3. The van der Waals surface area contributed by atoms with E-state index in [-0.39, 0.29) is 11.8 Å². The highest BCUT2D eigenvalue weighted by Crippen LogP contribution is 2.35. The van der Waals surface area contributed by atoms with Crippen LogP contribution in [-0.4, -0.2) is 22.3 Å². The van der Waals surface area contributed by atoms with Gasteiger partial charge in [-0.1, -0.05) is 6.07 Å². The Morgan fingerprint density at radius 2 is 2.27 bits per heavy atom. The first kappa shape index (κ1) is 9.83. The standard InChI is InChI=1S/C11H13NO3/c1-7-5-6-8-9(12(7)11(14)15)3-2-4-10(8)13/h2-4,7,13H,5-6H2,1H3,(H,14,15). The van der Waals surface area contributed by atoms with Crippen LogP contribution in [0.25, 0.3) is 0 Å². The van der Waals surface area contributed by atoms with E-state index in [9.17, 15) is 9.90 Å². The molecular weight excluding hydrogens is 194 g/mol. The van der Waals surface area contributed by atoms with Gasteiger partial charge in [0, 0.05) is 11.6 Å². The highest BCUT2D eigenvalue weighted by Gasteiger charge is 2.29. The molecule has 1 heterocycles. The number of phenols is 1. The number of carbonyl (C=O) groups is 1. The summed E-state index contributed by atoms with van der Waals surface area (Å²) in [5, 5.41) is 18.7. The fourth-order valence-electron chi connectivity index (χ4n) is 2.06.